The quantitative estimate of drug-likeness (QED) is 0.485. The SMILES string of the molecule is CCCOc1ccc(C2=C(N(CC)c3ccccc3)C(=O)N(CCOC(C)C)C2=O)cc1. The molecule has 0 atom stereocenters. The van der Waals surface area contributed by atoms with Crippen LogP contribution in [0.15, 0.2) is 60.3 Å². The number of likely N-dealkylation sites (N-methyl/N-ethyl adjacent to an activating group) is 1. The van der Waals surface area contributed by atoms with Gasteiger partial charge in [-0.2, -0.15) is 0 Å². The highest BCUT2D eigenvalue weighted by Crippen LogP contribution is 2.34. The minimum atomic E-state index is -0.297. The van der Waals surface area contributed by atoms with E-state index in [1.807, 2.05) is 80.3 Å². The number of ether oxygens (including phenoxy) is 2. The fourth-order valence-corrected chi connectivity index (χ4v) is 3.67. The number of carbonyl (C=O) groups is 2. The Kier molecular flexibility index (Phi) is 8.06. The summed E-state index contributed by atoms with van der Waals surface area (Å²) in [5, 5.41) is 0. The van der Waals surface area contributed by atoms with Crippen LogP contribution in [0.4, 0.5) is 5.69 Å². The van der Waals surface area contributed by atoms with Crippen molar-refractivity contribution in [1.82, 2.24) is 4.90 Å². The minimum absolute atomic E-state index is 0.0295. The average molecular weight is 437 g/mol. The van der Waals surface area contributed by atoms with Crippen LogP contribution in [0.5, 0.6) is 5.75 Å². The van der Waals surface area contributed by atoms with E-state index in [1.165, 1.54) is 4.90 Å². The van der Waals surface area contributed by atoms with Gasteiger partial charge in [-0.3, -0.25) is 14.5 Å². The van der Waals surface area contributed by atoms with Crippen LogP contribution in [0.3, 0.4) is 0 Å². The van der Waals surface area contributed by atoms with Gasteiger partial charge in [0.25, 0.3) is 11.8 Å². The van der Waals surface area contributed by atoms with Crippen molar-refractivity contribution < 1.29 is 19.1 Å². The normalized spacial score (nSPS) is 14.0. The maximum Gasteiger partial charge on any atom is 0.278 e. The van der Waals surface area contributed by atoms with Crippen LogP contribution in [0, 0.1) is 0 Å². The Morgan fingerprint density at radius 1 is 0.906 bits per heavy atom. The second-order valence-electron chi connectivity index (χ2n) is 7.86. The van der Waals surface area contributed by atoms with Gasteiger partial charge in [-0.05, 0) is 57.0 Å². The summed E-state index contributed by atoms with van der Waals surface area (Å²) in [4.78, 5) is 30.1. The van der Waals surface area contributed by atoms with Crippen LogP contribution < -0.4 is 9.64 Å². The van der Waals surface area contributed by atoms with Crippen molar-refractivity contribution in [3.8, 4) is 5.75 Å². The molecule has 0 spiro atoms. The summed E-state index contributed by atoms with van der Waals surface area (Å²) in [5.74, 6) is 0.149. The van der Waals surface area contributed by atoms with Gasteiger partial charge >= 0.3 is 0 Å². The molecule has 3 rings (SSSR count). The molecule has 0 saturated heterocycles. The molecule has 32 heavy (non-hydrogen) atoms. The monoisotopic (exact) mass is 436 g/mol. The Hall–Kier alpha value is -3.12. The standard InChI is InChI=1S/C26H32N2O4/c1-5-17-32-22-14-12-20(13-15-22)23-24(27(6-2)21-10-8-7-9-11-21)26(30)28(25(23)29)16-18-31-19(3)4/h7-15,19H,5-6,16-18H2,1-4H3. The fourth-order valence-electron chi connectivity index (χ4n) is 3.67. The highest BCUT2D eigenvalue weighted by Gasteiger charge is 2.41. The predicted octanol–water partition coefficient (Wildman–Crippen LogP) is 4.51. The molecule has 0 aromatic heterocycles. The number of rotatable bonds is 11. The summed E-state index contributed by atoms with van der Waals surface area (Å²) in [6.07, 6.45) is 0.946. The molecule has 1 heterocycles. The molecule has 0 fully saturated rings. The van der Waals surface area contributed by atoms with E-state index in [-0.39, 0.29) is 24.5 Å². The third kappa shape index (κ3) is 5.19. The molecular weight excluding hydrogens is 404 g/mol. The Balaban J connectivity index is 2.01. The van der Waals surface area contributed by atoms with E-state index in [0.717, 1.165) is 17.9 Å². The molecule has 0 bridgehead atoms. The number of anilines is 1. The topological polar surface area (TPSA) is 59.1 Å². The molecule has 6 nitrogen and oxygen atoms in total. The van der Waals surface area contributed by atoms with Gasteiger partial charge in [0.15, 0.2) is 0 Å². The van der Waals surface area contributed by atoms with Crippen LogP contribution in [0.25, 0.3) is 5.57 Å². The first-order valence-electron chi connectivity index (χ1n) is 11.3. The van der Waals surface area contributed by atoms with Gasteiger partial charge in [0.1, 0.15) is 11.4 Å². The van der Waals surface area contributed by atoms with E-state index in [2.05, 4.69) is 6.92 Å². The lowest BCUT2D eigenvalue weighted by atomic mass is 10.0. The van der Waals surface area contributed by atoms with Crippen LogP contribution in [0.2, 0.25) is 0 Å². The van der Waals surface area contributed by atoms with E-state index in [0.29, 0.717) is 36.6 Å². The number of hydrogen-bond donors (Lipinski definition) is 0. The summed E-state index contributed by atoms with van der Waals surface area (Å²) in [5.41, 5.74) is 2.37. The minimum Gasteiger partial charge on any atom is -0.494 e. The molecule has 6 heteroatoms. The van der Waals surface area contributed by atoms with E-state index in [4.69, 9.17) is 9.47 Å². The lowest BCUT2D eigenvalue weighted by Gasteiger charge is -2.25. The first kappa shape index (κ1) is 23.5. The summed E-state index contributed by atoms with van der Waals surface area (Å²) in [6.45, 7) is 9.58. The maximum atomic E-state index is 13.5. The third-order valence-electron chi connectivity index (χ3n) is 5.18. The van der Waals surface area contributed by atoms with Gasteiger partial charge in [-0.25, -0.2) is 0 Å². The van der Waals surface area contributed by atoms with Gasteiger partial charge < -0.3 is 14.4 Å². The maximum absolute atomic E-state index is 13.5. The molecular formula is C26H32N2O4. The number of imide groups is 1. The first-order valence-corrected chi connectivity index (χ1v) is 11.3. The number of hydrogen-bond acceptors (Lipinski definition) is 5. The van der Waals surface area contributed by atoms with Crippen molar-refractivity contribution in [2.24, 2.45) is 0 Å². The Morgan fingerprint density at radius 2 is 1.59 bits per heavy atom. The van der Waals surface area contributed by atoms with Gasteiger partial charge in [-0.15, -0.1) is 0 Å². The molecule has 0 N–H and O–H groups in total. The molecule has 1 aliphatic heterocycles. The number of nitrogens with zero attached hydrogens (tertiary/aromatic N) is 2. The molecule has 2 aromatic carbocycles. The lowest BCUT2D eigenvalue weighted by Crippen LogP contribution is -2.37. The second-order valence-corrected chi connectivity index (χ2v) is 7.86. The smallest absolute Gasteiger partial charge is 0.278 e. The molecule has 0 saturated carbocycles. The van der Waals surface area contributed by atoms with Crippen molar-refractivity contribution in [3.05, 3.63) is 65.9 Å². The zero-order valence-electron chi connectivity index (χ0n) is 19.3. The second kappa shape index (κ2) is 11.0. The molecule has 0 radical (unpaired) electrons. The van der Waals surface area contributed by atoms with Crippen molar-refractivity contribution >= 4 is 23.1 Å². The zero-order chi connectivity index (χ0) is 23.1. The molecule has 0 unspecified atom stereocenters. The Bertz CT molecular complexity index is 952. The van der Waals surface area contributed by atoms with Crippen molar-refractivity contribution in [3.63, 3.8) is 0 Å². The van der Waals surface area contributed by atoms with Crippen LogP contribution in [-0.4, -0.2) is 49.1 Å². The number of amides is 2. The van der Waals surface area contributed by atoms with E-state index < -0.39 is 0 Å². The third-order valence-corrected chi connectivity index (χ3v) is 5.18. The van der Waals surface area contributed by atoms with Crippen LogP contribution in [-0.2, 0) is 14.3 Å². The predicted molar refractivity (Wildman–Crippen MR) is 126 cm³/mol. The van der Waals surface area contributed by atoms with Gasteiger partial charge in [0, 0.05) is 12.2 Å². The molecule has 1 aliphatic rings. The molecule has 170 valence electrons. The first-order chi connectivity index (χ1) is 15.5. The van der Waals surface area contributed by atoms with Crippen molar-refractivity contribution in [2.45, 2.75) is 40.2 Å². The van der Waals surface area contributed by atoms with Gasteiger partial charge in [0.2, 0.25) is 0 Å². The Labute approximate surface area is 190 Å². The summed E-state index contributed by atoms with van der Waals surface area (Å²) in [7, 11) is 0. The highest BCUT2D eigenvalue weighted by atomic mass is 16.5. The van der Waals surface area contributed by atoms with Gasteiger partial charge in [0.05, 0.1) is 31.4 Å². The van der Waals surface area contributed by atoms with Crippen LogP contribution >= 0.6 is 0 Å². The summed E-state index contributed by atoms with van der Waals surface area (Å²) >= 11 is 0. The number of para-hydroxylation sites is 1. The van der Waals surface area contributed by atoms with E-state index in [1.54, 1.807) is 0 Å². The van der Waals surface area contributed by atoms with E-state index >= 15 is 0 Å². The molecule has 2 aromatic rings. The lowest BCUT2D eigenvalue weighted by molar-refractivity contribution is -0.138. The number of carbonyl (C=O) groups excluding carboxylic acids is 2. The molecule has 0 aliphatic carbocycles. The average Bonchev–Trinajstić information content (AvgIpc) is 3.04. The summed E-state index contributed by atoms with van der Waals surface area (Å²) < 4.78 is 11.3. The van der Waals surface area contributed by atoms with E-state index in [9.17, 15) is 9.59 Å². The van der Waals surface area contributed by atoms with Crippen LogP contribution in [0.1, 0.15) is 39.7 Å². The summed E-state index contributed by atoms with van der Waals surface area (Å²) in [6, 6.07) is 17.0. The van der Waals surface area contributed by atoms with Gasteiger partial charge in [-0.1, -0.05) is 37.3 Å². The largest absolute Gasteiger partial charge is 0.494 e. The van der Waals surface area contributed by atoms with Crippen molar-refractivity contribution in [2.75, 3.05) is 31.2 Å². The molecule has 2 amide bonds. The Morgan fingerprint density at radius 3 is 2.19 bits per heavy atom. The number of benzene rings is 2. The van der Waals surface area contributed by atoms with Crippen molar-refractivity contribution in [1.29, 1.82) is 0 Å². The highest BCUT2D eigenvalue weighted by molar-refractivity contribution is 6.36. The fraction of sp³-hybridized carbons (Fsp3) is 0.385. The zero-order valence-corrected chi connectivity index (χ0v) is 19.3.